The Hall–Kier alpha value is -2.11. The first-order chi connectivity index (χ1) is 10.0. The van der Waals surface area contributed by atoms with Crippen molar-refractivity contribution in [3.05, 3.63) is 29.6 Å². The van der Waals surface area contributed by atoms with E-state index in [0.29, 0.717) is 12.8 Å². The molecular formula is C15H18FNO4. The van der Waals surface area contributed by atoms with Crippen molar-refractivity contribution in [2.75, 3.05) is 7.11 Å². The number of nitrogens with one attached hydrogen (secondary N) is 1. The van der Waals surface area contributed by atoms with Gasteiger partial charge in [0.05, 0.1) is 13.0 Å². The van der Waals surface area contributed by atoms with Crippen LogP contribution in [0.4, 0.5) is 4.39 Å². The molecule has 0 aliphatic heterocycles. The van der Waals surface area contributed by atoms with E-state index in [0.717, 1.165) is 18.9 Å². The molecule has 0 radical (unpaired) electrons. The van der Waals surface area contributed by atoms with Crippen molar-refractivity contribution in [2.45, 2.75) is 31.7 Å². The molecule has 1 saturated carbocycles. The van der Waals surface area contributed by atoms with Crippen LogP contribution in [0.15, 0.2) is 18.2 Å². The first-order valence-corrected chi connectivity index (χ1v) is 6.88. The van der Waals surface area contributed by atoms with Gasteiger partial charge in [-0.25, -0.2) is 4.39 Å². The number of carbonyl (C=O) groups is 2. The zero-order valence-electron chi connectivity index (χ0n) is 11.8. The predicted molar refractivity (Wildman–Crippen MR) is 73.8 cm³/mol. The SMILES string of the molecule is COc1ccc(C(=O)NC2CCCC(C(=O)O)C2)cc1F. The van der Waals surface area contributed by atoms with Crippen LogP contribution in [0.2, 0.25) is 0 Å². The molecule has 2 rings (SSSR count). The summed E-state index contributed by atoms with van der Waals surface area (Å²) in [5.74, 6) is -2.17. The van der Waals surface area contributed by atoms with Gasteiger partial charge in [-0.05, 0) is 37.5 Å². The maximum absolute atomic E-state index is 13.6. The normalized spacial score (nSPS) is 21.6. The van der Waals surface area contributed by atoms with Gasteiger partial charge >= 0.3 is 5.97 Å². The maximum atomic E-state index is 13.6. The number of hydrogen-bond acceptors (Lipinski definition) is 3. The van der Waals surface area contributed by atoms with Crippen molar-refractivity contribution in [1.82, 2.24) is 5.32 Å². The summed E-state index contributed by atoms with van der Waals surface area (Å²) < 4.78 is 18.4. The minimum atomic E-state index is -0.829. The highest BCUT2D eigenvalue weighted by molar-refractivity contribution is 5.94. The molecule has 0 aromatic heterocycles. The molecule has 1 aliphatic rings. The lowest BCUT2D eigenvalue weighted by molar-refractivity contribution is -0.143. The second kappa shape index (κ2) is 6.56. The van der Waals surface area contributed by atoms with Gasteiger partial charge in [-0.3, -0.25) is 9.59 Å². The third-order valence-electron chi connectivity index (χ3n) is 3.77. The van der Waals surface area contributed by atoms with Crippen molar-refractivity contribution in [1.29, 1.82) is 0 Å². The predicted octanol–water partition coefficient (Wildman–Crippen LogP) is 2.21. The van der Waals surface area contributed by atoms with Crippen LogP contribution in [0.1, 0.15) is 36.0 Å². The van der Waals surface area contributed by atoms with Crippen molar-refractivity contribution >= 4 is 11.9 Å². The summed E-state index contributed by atoms with van der Waals surface area (Å²) in [6.07, 6.45) is 2.56. The van der Waals surface area contributed by atoms with Gasteiger partial charge in [0.15, 0.2) is 11.6 Å². The number of carboxylic acids is 1. The second-order valence-electron chi connectivity index (χ2n) is 5.22. The topological polar surface area (TPSA) is 75.6 Å². The van der Waals surface area contributed by atoms with Crippen molar-refractivity contribution in [3.8, 4) is 5.75 Å². The molecule has 1 amide bonds. The van der Waals surface area contributed by atoms with Gasteiger partial charge in [0.25, 0.3) is 5.91 Å². The minimum Gasteiger partial charge on any atom is -0.494 e. The number of rotatable bonds is 4. The smallest absolute Gasteiger partial charge is 0.306 e. The standard InChI is InChI=1S/C15H18FNO4/c1-21-13-6-5-9(8-12(13)16)14(18)17-11-4-2-3-10(7-11)15(19)20/h5-6,8,10-11H,2-4,7H2,1H3,(H,17,18)(H,19,20). The van der Waals surface area contributed by atoms with Gasteiger partial charge in [-0.15, -0.1) is 0 Å². The fourth-order valence-electron chi connectivity index (χ4n) is 2.62. The Labute approximate surface area is 122 Å². The van der Waals surface area contributed by atoms with E-state index < -0.39 is 23.6 Å². The third kappa shape index (κ3) is 3.71. The third-order valence-corrected chi connectivity index (χ3v) is 3.77. The molecule has 5 nitrogen and oxygen atoms in total. The number of hydrogen-bond donors (Lipinski definition) is 2. The van der Waals surface area contributed by atoms with Crippen LogP contribution in [0, 0.1) is 11.7 Å². The molecule has 6 heteroatoms. The molecule has 0 saturated heterocycles. The fraction of sp³-hybridized carbons (Fsp3) is 0.467. The van der Waals surface area contributed by atoms with Gasteiger partial charge in [0.2, 0.25) is 0 Å². The molecular weight excluding hydrogens is 277 g/mol. The number of carbonyl (C=O) groups excluding carboxylic acids is 1. The zero-order chi connectivity index (χ0) is 15.4. The molecule has 114 valence electrons. The largest absolute Gasteiger partial charge is 0.494 e. The molecule has 1 aliphatic carbocycles. The molecule has 0 bridgehead atoms. The van der Waals surface area contributed by atoms with Crippen LogP contribution in [0.5, 0.6) is 5.75 Å². The maximum Gasteiger partial charge on any atom is 0.306 e. The fourth-order valence-corrected chi connectivity index (χ4v) is 2.62. The van der Waals surface area contributed by atoms with E-state index >= 15 is 0 Å². The molecule has 1 fully saturated rings. The lowest BCUT2D eigenvalue weighted by Gasteiger charge is -2.27. The number of halogens is 1. The van der Waals surface area contributed by atoms with Crippen molar-refractivity contribution in [2.24, 2.45) is 5.92 Å². The van der Waals surface area contributed by atoms with Gasteiger partial charge in [0, 0.05) is 11.6 Å². The summed E-state index contributed by atoms with van der Waals surface area (Å²) in [7, 11) is 1.35. The monoisotopic (exact) mass is 295 g/mol. The lowest BCUT2D eigenvalue weighted by atomic mass is 9.85. The Morgan fingerprint density at radius 2 is 2.14 bits per heavy atom. The highest BCUT2D eigenvalue weighted by Gasteiger charge is 2.28. The van der Waals surface area contributed by atoms with Gasteiger partial charge in [-0.1, -0.05) is 6.42 Å². The number of benzene rings is 1. The Kier molecular flexibility index (Phi) is 4.77. The summed E-state index contributed by atoms with van der Waals surface area (Å²) in [6, 6.07) is 3.81. The zero-order valence-corrected chi connectivity index (χ0v) is 11.8. The minimum absolute atomic E-state index is 0.0788. The highest BCUT2D eigenvalue weighted by atomic mass is 19.1. The van der Waals surface area contributed by atoms with Crippen LogP contribution < -0.4 is 10.1 Å². The molecule has 0 spiro atoms. The van der Waals surface area contributed by atoms with Crippen LogP contribution >= 0.6 is 0 Å². The molecule has 2 N–H and O–H groups in total. The average molecular weight is 295 g/mol. The van der Waals surface area contributed by atoms with E-state index in [9.17, 15) is 14.0 Å². The summed E-state index contributed by atoms with van der Waals surface area (Å²) in [6.45, 7) is 0. The second-order valence-corrected chi connectivity index (χ2v) is 5.22. The Balaban J connectivity index is 2.01. The quantitative estimate of drug-likeness (QED) is 0.893. The van der Waals surface area contributed by atoms with Crippen LogP contribution in [0.25, 0.3) is 0 Å². The molecule has 21 heavy (non-hydrogen) atoms. The average Bonchev–Trinajstić information content (AvgIpc) is 2.47. The number of amides is 1. The lowest BCUT2D eigenvalue weighted by Crippen LogP contribution is -2.39. The first-order valence-electron chi connectivity index (χ1n) is 6.88. The van der Waals surface area contributed by atoms with Crippen LogP contribution in [0.3, 0.4) is 0 Å². The molecule has 0 heterocycles. The van der Waals surface area contributed by atoms with Crippen molar-refractivity contribution < 1.29 is 23.8 Å². The summed E-state index contributed by atoms with van der Waals surface area (Å²) in [5.41, 5.74) is 0.200. The number of carboxylic acid groups (broad SMARTS) is 1. The Bertz CT molecular complexity index is 546. The van der Waals surface area contributed by atoms with Gasteiger partial charge in [-0.2, -0.15) is 0 Å². The molecule has 1 aromatic rings. The first kappa shape index (κ1) is 15.3. The van der Waals surface area contributed by atoms with Gasteiger partial charge in [0.1, 0.15) is 0 Å². The van der Waals surface area contributed by atoms with E-state index in [1.165, 1.54) is 19.2 Å². The summed E-state index contributed by atoms with van der Waals surface area (Å²) in [4.78, 5) is 23.1. The van der Waals surface area contributed by atoms with E-state index in [-0.39, 0.29) is 17.4 Å². The Morgan fingerprint density at radius 1 is 1.38 bits per heavy atom. The van der Waals surface area contributed by atoms with Crippen molar-refractivity contribution in [3.63, 3.8) is 0 Å². The Morgan fingerprint density at radius 3 is 2.76 bits per heavy atom. The van der Waals surface area contributed by atoms with Crippen LogP contribution in [-0.2, 0) is 4.79 Å². The van der Waals surface area contributed by atoms with E-state index in [4.69, 9.17) is 9.84 Å². The number of ether oxygens (including phenoxy) is 1. The van der Waals surface area contributed by atoms with Crippen LogP contribution in [-0.4, -0.2) is 30.1 Å². The van der Waals surface area contributed by atoms with E-state index in [1.807, 2.05) is 0 Å². The summed E-state index contributed by atoms with van der Waals surface area (Å²) in [5, 5.41) is 11.8. The molecule has 1 aromatic carbocycles. The van der Waals surface area contributed by atoms with E-state index in [1.54, 1.807) is 0 Å². The van der Waals surface area contributed by atoms with Gasteiger partial charge < -0.3 is 15.2 Å². The number of methoxy groups -OCH3 is 1. The highest BCUT2D eigenvalue weighted by Crippen LogP contribution is 2.25. The number of aliphatic carboxylic acids is 1. The van der Waals surface area contributed by atoms with E-state index in [2.05, 4.69) is 5.32 Å². The molecule has 2 atom stereocenters. The molecule has 2 unspecified atom stereocenters. The summed E-state index contributed by atoms with van der Waals surface area (Å²) >= 11 is 0.